The maximum Gasteiger partial charge on any atom is 3.00 e. The van der Waals surface area contributed by atoms with E-state index in [2.05, 4.69) is 13.2 Å². The minimum absolute atomic E-state index is 0. The quantitative estimate of drug-likeness (QED) is 0.318. The fourth-order valence-electron chi connectivity index (χ4n) is 0. The molecule has 36 valence electrons. The fraction of sp³-hybridized carbons (Fsp3) is 0. The van der Waals surface area contributed by atoms with Gasteiger partial charge in [-0.15, -0.1) is 13.2 Å². The summed E-state index contributed by atoms with van der Waals surface area (Å²) >= 11 is 0. The van der Waals surface area contributed by atoms with Crippen LogP contribution in [0.5, 0.6) is 0 Å². The maximum atomic E-state index is 3.00. The number of hydrogen-bond acceptors (Lipinski definition) is 3. The zero-order valence-corrected chi connectivity index (χ0v) is 4.49. The molecule has 0 aromatic heterocycles. The predicted molar refractivity (Wildman–Crippen MR) is 22.8 cm³/mol. The van der Waals surface area contributed by atoms with Crippen LogP contribution in [0, 0.1) is 0 Å². The van der Waals surface area contributed by atoms with Crippen LogP contribution >= 0.6 is 0 Å². The first-order valence-electron chi connectivity index (χ1n) is 0.500. The molecule has 0 amide bonds. The summed E-state index contributed by atoms with van der Waals surface area (Å²) in [5.41, 5.74) is 0. The first-order valence-corrected chi connectivity index (χ1v) is 0.500. The largest absolute Gasteiger partial charge is 3.00 e. The van der Waals surface area contributed by atoms with E-state index < -0.39 is 0 Å². The van der Waals surface area contributed by atoms with Crippen LogP contribution < -0.4 is 0 Å². The second-order valence-corrected chi connectivity index (χ2v) is 0. The van der Waals surface area contributed by atoms with Gasteiger partial charge in [-0.3, -0.25) is 0 Å². The topological polar surface area (TPSA) is 90.0 Å². The Morgan fingerprint density at radius 3 is 0.667 bits per heavy atom. The number of hydrogen-bond donors (Lipinski definition) is 0. The van der Waals surface area contributed by atoms with Crippen LogP contribution in [0.25, 0.3) is 0 Å². The molecule has 0 aliphatic carbocycles. The molecule has 0 unspecified atom stereocenters. The summed E-state index contributed by atoms with van der Waals surface area (Å²) in [6.07, 6.45) is 0. The van der Waals surface area contributed by atoms with E-state index >= 15 is 0 Å². The monoisotopic (exact) mass is 106 g/mol. The molecule has 0 aliphatic rings. The van der Waals surface area contributed by atoms with Crippen LogP contribution in [0.2, 0.25) is 0 Å². The summed E-state index contributed by atoms with van der Waals surface area (Å²) < 4.78 is 0. The van der Waals surface area contributed by atoms with Gasteiger partial charge in [-0.2, -0.15) is 0 Å². The third-order valence-electron chi connectivity index (χ3n) is 0. The first kappa shape index (κ1) is 123. The second kappa shape index (κ2) is 3820. The zero-order valence-electron chi connectivity index (χ0n) is 3.33. The smallest absolute Gasteiger partial charge is 0.870 e. The molecule has 0 aromatic rings. The molecule has 0 heterocycles. The average Bonchev–Trinajstić information content (AvgIpc) is 1.00. The molecular formula is C2H7AlO3. The summed E-state index contributed by atoms with van der Waals surface area (Å²) in [5.74, 6) is 0. The molecule has 0 rings (SSSR count). The molecule has 0 aliphatic heterocycles. The maximum absolute atomic E-state index is 3.00. The van der Waals surface area contributed by atoms with Crippen molar-refractivity contribution in [1.29, 1.82) is 0 Å². The van der Waals surface area contributed by atoms with Crippen molar-refractivity contribution in [2.45, 2.75) is 0 Å². The van der Waals surface area contributed by atoms with E-state index in [9.17, 15) is 0 Å². The van der Waals surface area contributed by atoms with Crippen molar-refractivity contribution in [3.05, 3.63) is 13.2 Å². The molecule has 6 heavy (non-hydrogen) atoms. The molecule has 4 heteroatoms. The van der Waals surface area contributed by atoms with E-state index in [4.69, 9.17) is 0 Å². The van der Waals surface area contributed by atoms with Crippen molar-refractivity contribution in [1.82, 2.24) is 0 Å². The van der Waals surface area contributed by atoms with Gasteiger partial charge in [0.25, 0.3) is 0 Å². The molecule has 0 spiro atoms. The Labute approximate surface area is 47.7 Å². The molecule has 0 radical (unpaired) electrons. The molecule has 0 aromatic carbocycles. The van der Waals surface area contributed by atoms with E-state index in [1.54, 1.807) is 0 Å². The van der Waals surface area contributed by atoms with Crippen LogP contribution in [0.3, 0.4) is 0 Å². The Bertz CT molecular complexity index is 8.75. The van der Waals surface area contributed by atoms with Crippen LogP contribution in [0.15, 0.2) is 13.2 Å². The van der Waals surface area contributed by atoms with Crippen molar-refractivity contribution < 1.29 is 16.4 Å². The molecule has 3 N–H and O–H groups in total. The Balaban J connectivity index is -0.000000000833. The molecule has 0 fully saturated rings. The van der Waals surface area contributed by atoms with Gasteiger partial charge >= 0.3 is 17.4 Å². The summed E-state index contributed by atoms with van der Waals surface area (Å²) in [5, 5.41) is 0. The van der Waals surface area contributed by atoms with E-state index in [-0.39, 0.29) is 33.8 Å². The van der Waals surface area contributed by atoms with Gasteiger partial charge in [0.1, 0.15) is 0 Å². The summed E-state index contributed by atoms with van der Waals surface area (Å²) in [6.45, 7) is 6.00. The first-order chi connectivity index (χ1) is 1.00. The number of rotatable bonds is 0. The Hall–Kier alpha value is 0.152. The average molecular weight is 106 g/mol. The zero-order chi connectivity index (χ0) is 2.00. The van der Waals surface area contributed by atoms with Gasteiger partial charge in [-0.1, -0.05) is 0 Å². The van der Waals surface area contributed by atoms with Crippen molar-refractivity contribution in [3.8, 4) is 0 Å². The van der Waals surface area contributed by atoms with Gasteiger partial charge in [-0.05, 0) is 0 Å². The van der Waals surface area contributed by atoms with Gasteiger partial charge in [-0.25, -0.2) is 0 Å². The van der Waals surface area contributed by atoms with E-state index in [0.29, 0.717) is 0 Å². The van der Waals surface area contributed by atoms with Gasteiger partial charge in [0.2, 0.25) is 0 Å². The van der Waals surface area contributed by atoms with Crippen molar-refractivity contribution >= 4 is 17.4 Å². The van der Waals surface area contributed by atoms with Crippen molar-refractivity contribution in [2.24, 2.45) is 0 Å². The van der Waals surface area contributed by atoms with Gasteiger partial charge < -0.3 is 16.4 Å². The summed E-state index contributed by atoms with van der Waals surface area (Å²) in [6, 6.07) is 0. The molecular weight excluding hydrogens is 99.0 g/mol. The van der Waals surface area contributed by atoms with Crippen LogP contribution in [-0.2, 0) is 0 Å². The van der Waals surface area contributed by atoms with Crippen LogP contribution in [0.4, 0.5) is 0 Å². The van der Waals surface area contributed by atoms with Crippen molar-refractivity contribution in [3.63, 3.8) is 0 Å². The van der Waals surface area contributed by atoms with E-state index in [0.717, 1.165) is 0 Å². The van der Waals surface area contributed by atoms with Gasteiger partial charge in [0.15, 0.2) is 0 Å². The van der Waals surface area contributed by atoms with E-state index in [1.807, 2.05) is 0 Å². The normalized spacial score (nSPS) is 0.667. The molecule has 0 atom stereocenters. The van der Waals surface area contributed by atoms with E-state index in [1.165, 1.54) is 0 Å². The minimum atomic E-state index is 0. The Kier molecular flexibility index (Phi) is 78300. The molecule has 3 nitrogen and oxygen atoms in total. The SMILES string of the molecule is C=C.[Al+3].[OH-].[OH-].[OH-]. The fourth-order valence-corrected chi connectivity index (χ4v) is 0. The molecule has 0 saturated heterocycles. The third-order valence-corrected chi connectivity index (χ3v) is 0. The van der Waals surface area contributed by atoms with Gasteiger partial charge in [0, 0.05) is 0 Å². The van der Waals surface area contributed by atoms with Gasteiger partial charge in [0.05, 0.1) is 0 Å². The Morgan fingerprint density at radius 1 is 0.667 bits per heavy atom. The second-order valence-electron chi connectivity index (χ2n) is 0. The predicted octanol–water partition coefficient (Wildman–Crippen LogP) is -0.109. The van der Waals surface area contributed by atoms with Crippen molar-refractivity contribution in [2.75, 3.05) is 0 Å². The molecule has 0 saturated carbocycles. The minimum Gasteiger partial charge on any atom is -0.870 e. The Morgan fingerprint density at radius 2 is 0.667 bits per heavy atom. The van der Waals surface area contributed by atoms with Crippen LogP contribution in [0.1, 0.15) is 0 Å². The molecule has 0 bridgehead atoms. The summed E-state index contributed by atoms with van der Waals surface area (Å²) in [4.78, 5) is 0. The summed E-state index contributed by atoms with van der Waals surface area (Å²) in [7, 11) is 0. The standard InChI is InChI=1S/C2H4.Al.3H2O/c1-2;;;;/h1-2H2;;3*1H2/q;+3;;;/p-3. The van der Waals surface area contributed by atoms with Crippen LogP contribution in [-0.4, -0.2) is 33.8 Å². The third kappa shape index (κ3) is 1780.